The Kier molecular flexibility index (Phi) is 3.97. The van der Waals surface area contributed by atoms with Gasteiger partial charge in [-0.15, -0.1) is 0 Å². The minimum absolute atomic E-state index is 0.247. The molecule has 4 nitrogen and oxygen atoms in total. The Bertz CT molecular complexity index is 643. The van der Waals surface area contributed by atoms with Crippen molar-refractivity contribution in [1.82, 2.24) is 9.97 Å². The van der Waals surface area contributed by atoms with Crippen LogP contribution in [0.25, 0.3) is 0 Å². The molecule has 6 heteroatoms. The summed E-state index contributed by atoms with van der Waals surface area (Å²) >= 11 is 11.0. The lowest BCUT2D eigenvalue weighted by Crippen LogP contribution is -2.14. The van der Waals surface area contributed by atoms with E-state index in [0.717, 1.165) is 16.9 Å². The van der Waals surface area contributed by atoms with Gasteiger partial charge in [0.05, 0.1) is 0 Å². The summed E-state index contributed by atoms with van der Waals surface area (Å²) in [5.74, 6) is 0.452. The van der Waals surface area contributed by atoms with Gasteiger partial charge in [0.1, 0.15) is 10.7 Å². The van der Waals surface area contributed by atoms with Crippen molar-refractivity contribution in [2.75, 3.05) is 5.32 Å². The fraction of sp³-hybridized carbons (Fsp3) is 0.154. The van der Waals surface area contributed by atoms with Crippen LogP contribution in [0.15, 0.2) is 24.3 Å². The normalized spacial score (nSPS) is 10.3. The van der Waals surface area contributed by atoms with Crippen molar-refractivity contribution in [2.45, 2.75) is 13.8 Å². The molecule has 0 atom stereocenters. The maximum atomic E-state index is 6.07. The molecule has 0 bridgehead atoms. The zero-order valence-electron chi connectivity index (χ0n) is 10.6. The van der Waals surface area contributed by atoms with Crippen LogP contribution in [0.3, 0.4) is 0 Å². The summed E-state index contributed by atoms with van der Waals surface area (Å²) in [6.45, 7) is 3.79. The van der Waals surface area contributed by atoms with Gasteiger partial charge in [0.25, 0.3) is 0 Å². The molecule has 1 heterocycles. The van der Waals surface area contributed by atoms with Gasteiger partial charge in [-0.2, -0.15) is 0 Å². The first-order chi connectivity index (χ1) is 8.97. The molecule has 98 valence electrons. The van der Waals surface area contributed by atoms with E-state index in [-0.39, 0.29) is 4.99 Å². The van der Waals surface area contributed by atoms with Gasteiger partial charge in [-0.3, -0.25) is 0 Å². The van der Waals surface area contributed by atoms with Crippen LogP contribution < -0.4 is 11.1 Å². The molecule has 0 saturated carbocycles. The van der Waals surface area contributed by atoms with E-state index in [0.29, 0.717) is 16.7 Å². The molecule has 2 rings (SSSR count). The summed E-state index contributed by atoms with van der Waals surface area (Å²) in [7, 11) is 0. The second-order valence-corrected chi connectivity index (χ2v) is 4.97. The SMILES string of the molecule is Cc1cc(C(N)=S)nc(Nc2cccc(Cl)c2C)n1. The summed E-state index contributed by atoms with van der Waals surface area (Å²) < 4.78 is 0. The Hall–Kier alpha value is -1.72. The van der Waals surface area contributed by atoms with Gasteiger partial charge in [-0.1, -0.05) is 29.9 Å². The molecular weight excluding hydrogens is 280 g/mol. The second kappa shape index (κ2) is 5.50. The van der Waals surface area contributed by atoms with Crippen LogP contribution in [-0.2, 0) is 0 Å². The number of halogens is 1. The van der Waals surface area contributed by atoms with Crippen molar-refractivity contribution in [1.29, 1.82) is 0 Å². The van der Waals surface area contributed by atoms with Gasteiger partial charge in [0.2, 0.25) is 5.95 Å². The Morgan fingerprint density at radius 1 is 1.32 bits per heavy atom. The van der Waals surface area contributed by atoms with E-state index in [1.54, 1.807) is 6.07 Å². The molecule has 0 radical (unpaired) electrons. The second-order valence-electron chi connectivity index (χ2n) is 4.12. The first kappa shape index (κ1) is 13.7. The lowest BCUT2D eigenvalue weighted by molar-refractivity contribution is 1.09. The molecule has 19 heavy (non-hydrogen) atoms. The molecule has 0 aliphatic carbocycles. The van der Waals surface area contributed by atoms with Crippen LogP contribution in [0.5, 0.6) is 0 Å². The van der Waals surface area contributed by atoms with Crippen LogP contribution in [0.1, 0.15) is 17.0 Å². The largest absolute Gasteiger partial charge is 0.388 e. The van der Waals surface area contributed by atoms with Gasteiger partial charge in [0, 0.05) is 16.4 Å². The fourth-order valence-electron chi connectivity index (χ4n) is 1.61. The molecule has 1 aromatic heterocycles. The quantitative estimate of drug-likeness (QED) is 0.851. The number of hydrogen-bond donors (Lipinski definition) is 2. The summed E-state index contributed by atoms with van der Waals surface area (Å²) in [6.07, 6.45) is 0. The number of thiocarbonyl (C=S) groups is 1. The van der Waals surface area contributed by atoms with Crippen molar-refractivity contribution in [3.63, 3.8) is 0 Å². The number of hydrogen-bond acceptors (Lipinski definition) is 4. The molecule has 0 aliphatic heterocycles. The molecule has 3 N–H and O–H groups in total. The number of nitrogens with one attached hydrogen (secondary N) is 1. The third kappa shape index (κ3) is 3.19. The number of nitrogens with two attached hydrogens (primary N) is 1. The van der Waals surface area contributed by atoms with Crippen LogP contribution in [0.2, 0.25) is 5.02 Å². The van der Waals surface area contributed by atoms with Crippen LogP contribution in [-0.4, -0.2) is 15.0 Å². The minimum atomic E-state index is 0.247. The number of nitrogens with zero attached hydrogens (tertiary/aromatic N) is 2. The molecule has 0 amide bonds. The summed E-state index contributed by atoms with van der Waals surface area (Å²) in [5.41, 5.74) is 8.72. The van der Waals surface area contributed by atoms with E-state index in [4.69, 9.17) is 29.6 Å². The Morgan fingerprint density at radius 2 is 2.05 bits per heavy atom. The van der Waals surface area contributed by atoms with E-state index in [1.165, 1.54) is 0 Å². The smallest absolute Gasteiger partial charge is 0.228 e. The van der Waals surface area contributed by atoms with E-state index < -0.39 is 0 Å². The van der Waals surface area contributed by atoms with Crippen LogP contribution >= 0.6 is 23.8 Å². The van der Waals surface area contributed by atoms with Crippen LogP contribution in [0, 0.1) is 13.8 Å². The van der Waals surface area contributed by atoms with Crippen molar-refractivity contribution >= 4 is 40.4 Å². The predicted molar refractivity (Wildman–Crippen MR) is 82.1 cm³/mol. The van der Waals surface area contributed by atoms with Crippen molar-refractivity contribution < 1.29 is 0 Å². The van der Waals surface area contributed by atoms with E-state index in [1.807, 2.05) is 32.0 Å². The molecule has 0 saturated heterocycles. The van der Waals surface area contributed by atoms with Crippen molar-refractivity contribution in [2.24, 2.45) is 5.73 Å². The summed E-state index contributed by atoms with van der Waals surface area (Å²) in [5, 5.41) is 3.81. The van der Waals surface area contributed by atoms with Gasteiger partial charge >= 0.3 is 0 Å². The zero-order chi connectivity index (χ0) is 14.0. The number of aromatic nitrogens is 2. The topological polar surface area (TPSA) is 63.8 Å². The lowest BCUT2D eigenvalue weighted by atomic mass is 10.2. The highest BCUT2D eigenvalue weighted by Gasteiger charge is 2.07. The highest BCUT2D eigenvalue weighted by molar-refractivity contribution is 7.80. The van der Waals surface area contributed by atoms with Crippen molar-refractivity contribution in [3.05, 3.63) is 46.2 Å². The molecule has 2 aromatic rings. The molecule has 0 aliphatic rings. The third-order valence-corrected chi connectivity index (χ3v) is 3.24. The van der Waals surface area contributed by atoms with E-state index >= 15 is 0 Å². The zero-order valence-corrected chi connectivity index (χ0v) is 12.1. The summed E-state index contributed by atoms with van der Waals surface area (Å²) in [6, 6.07) is 7.35. The third-order valence-electron chi connectivity index (χ3n) is 2.62. The number of anilines is 2. The lowest BCUT2D eigenvalue weighted by Gasteiger charge is -2.10. The van der Waals surface area contributed by atoms with Gasteiger partial charge in [-0.25, -0.2) is 9.97 Å². The van der Waals surface area contributed by atoms with Gasteiger partial charge in [0.15, 0.2) is 0 Å². The highest BCUT2D eigenvalue weighted by atomic mass is 35.5. The van der Waals surface area contributed by atoms with E-state index in [2.05, 4.69) is 15.3 Å². The van der Waals surface area contributed by atoms with Gasteiger partial charge < -0.3 is 11.1 Å². The van der Waals surface area contributed by atoms with Crippen LogP contribution in [0.4, 0.5) is 11.6 Å². The Balaban J connectivity index is 2.38. The highest BCUT2D eigenvalue weighted by Crippen LogP contribution is 2.25. The molecule has 1 aromatic carbocycles. The molecular formula is C13H13ClN4S. The number of benzene rings is 1. The molecule has 0 spiro atoms. The predicted octanol–water partition coefficient (Wildman–Crippen LogP) is 3.12. The molecule has 0 unspecified atom stereocenters. The standard InChI is InChI=1S/C13H13ClN4S/c1-7-6-11(12(15)19)18-13(16-7)17-10-5-3-4-9(14)8(10)2/h3-6H,1-2H3,(H2,15,19)(H,16,17,18). The number of aryl methyl sites for hydroxylation is 1. The maximum absolute atomic E-state index is 6.07. The minimum Gasteiger partial charge on any atom is -0.388 e. The first-order valence-electron chi connectivity index (χ1n) is 5.65. The monoisotopic (exact) mass is 292 g/mol. The van der Waals surface area contributed by atoms with Crippen molar-refractivity contribution in [3.8, 4) is 0 Å². The van der Waals surface area contributed by atoms with Gasteiger partial charge in [-0.05, 0) is 37.6 Å². The van der Waals surface area contributed by atoms with E-state index in [9.17, 15) is 0 Å². The molecule has 0 fully saturated rings. The average molecular weight is 293 g/mol. The average Bonchev–Trinajstić information content (AvgIpc) is 2.34. The number of rotatable bonds is 3. The Labute approximate surface area is 122 Å². The summed E-state index contributed by atoms with van der Waals surface area (Å²) in [4.78, 5) is 8.82. The fourth-order valence-corrected chi connectivity index (χ4v) is 1.89. The maximum Gasteiger partial charge on any atom is 0.228 e. The Morgan fingerprint density at radius 3 is 2.74 bits per heavy atom. The first-order valence-corrected chi connectivity index (χ1v) is 6.43.